The van der Waals surface area contributed by atoms with Crippen LogP contribution in [0.15, 0.2) is 30.3 Å². The van der Waals surface area contributed by atoms with Gasteiger partial charge in [-0.15, -0.1) is 0 Å². The molecule has 1 aromatic carbocycles. The fraction of sp³-hybridized carbons (Fsp3) is 0.583. The van der Waals surface area contributed by atoms with Crippen LogP contribution in [0.1, 0.15) is 45.1 Å². The maximum Gasteiger partial charge on any atom is 0.246 e. The third kappa shape index (κ3) is 6.87. The molecule has 2 fully saturated rings. The number of nitrogens with one attached hydrogen (secondary N) is 1. The number of rotatable bonds is 6. The molecule has 0 saturated carbocycles. The summed E-state index contributed by atoms with van der Waals surface area (Å²) in [6, 6.07) is 8.67. The Labute approximate surface area is 180 Å². The summed E-state index contributed by atoms with van der Waals surface area (Å²) in [5.74, 6) is 0.0890. The van der Waals surface area contributed by atoms with E-state index in [-0.39, 0.29) is 17.9 Å². The molecule has 3 rings (SSSR count). The molecule has 164 valence electrons. The highest BCUT2D eigenvalue weighted by Gasteiger charge is 2.21. The second-order valence-electron chi connectivity index (χ2n) is 8.65. The number of hydrogen-bond acceptors (Lipinski definition) is 4. The Kier molecular flexibility index (Phi) is 8.31. The van der Waals surface area contributed by atoms with E-state index < -0.39 is 0 Å². The lowest BCUT2D eigenvalue weighted by Gasteiger charge is -2.33. The molecule has 2 aliphatic rings. The van der Waals surface area contributed by atoms with Crippen LogP contribution in [0.2, 0.25) is 0 Å². The standard InChI is InChI=1S/C24H36N4O2/c1-20(2)25-23(29)19-26-15-17-28(18-16-26)24(30)12-9-21-7-10-22(11-8-21)27-13-5-3-4-6-14-27/h7-12,20H,3-6,13-19H2,1-2H3,(H,25,29). The van der Waals surface area contributed by atoms with Gasteiger partial charge in [-0.25, -0.2) is 0 Å². The summed E-state index contributed by atoms with van der Waals surface area (Å²) >= 11 is 0. The fourth-order valence-electron chi connectivity index (χ4n) is 4.10. The second kappa shape index (κ2) is 11.2. The van der Waals surface area contributed by atoms with Gasteiger partial charge in [-0.05, 0) is 50.5 Å². The highest BCUT2D eigenvalue weighted by Crippen LogP contribution is 2.20. The second-order valence-corrected chi connectivity index (χ2v) is 8.65. The summed E-state index contributed by atoms with van der Waals surface area (Å²) in [6.45, 7) is 9.38. The lowest BCUT2D eigenvalue weighted by Crippen LogP contribution is -2.51. The summed E-state index contributed by atoms with van der Waals surface area (Å²) in [6.07, 6.45) is 8.77. The maximum absolute atomic E-state index is 12.5. The number of piperazine rings is 1. The summed E-state index contributed by atoms with van der Waals surface area (Å²) in [7, 11) is 0. The Bertz CT molecular complexity index is 713. The van der Waals surface area contributed by atoms with Crippen molar-refractivity contribution in [3.63, 3.8) is 0 Å². The largest absolute Gasteiger partial charge is 0.372 e. The number of benzene rings is 1. The molecular formula is C24H36N4O2. The zero-order valence-corrected chi connectivity index (χ0v) is 18.5. The predicted molar refractivity (Wildman–Crippen MR) is 122 cm³/mol. The minimum atomic E-state index is 0.0397. The van der Waals surface area contributed by atoms with Crippen LogP contribution < -0.4 is 10.2 Å². The molecule has 0 atom stereocenters. The van der Waals surface area contributed by atoms with E-state index in [1.54, 1.807) is 6.08 Å². The molecule has 6 nitrogen and oxygen atoms in total. The third-order valence-electron chi connectivity index (χ3n) is 5.78. The van der Waals surface area contributed by atoms with Gasteiger partial charge < -0.3 is 15.1 Å². The molecule has 1 N–H and O–H groups in total. The zero-order valence-electron chi connectivity index (χ0n) is 18.5. The van der Waals surface area contributed by atoms with Gasteiger partial charge in [-0.1, -0.05) is 25.0 Å². The smallest absolute Gasteiger partial charge is 0.246 e. The van der Waals surface area contributed by atoms with Crippen LogP contribution in [-0.4, -0.2) is 73.5 Å². The number of nitrogens with zero attached hydrogens (tertiary/aromatic N) is 3. The van der Waals surface area contributed by atoms with Gasteiger partial charge in [0, 0.05) is 57.1 Å². The molecule has 0 aliphatic carbocycles. The predicted octanol–water partition coefficient (Wildman–Crippen LogP) is 2.75. The minimum Gasteiger partial charge on any atom is -0.372 e. The average Bonchev–Trinajstić information content (AvgIpc) is 3.02. The van der Waals surface area contributed by atoms with Crippen molar-refractivity contribution < 1.29 is 9.59 Å². The number of amides is 2. The van der Waals surface area contributed by atoms with E-state index in [1.165, 1.54) is 31.4 Å². The van der Waals surface area contributed by atoms with Gasteiger partial charge in [0.15, 0.2) is 0 Å². The quantitative estimate of drug-likeness (QED) is 0.730. The Hall–Kier alpha value is -2.34. The fourth-order valence-corrected chi connectivity index (χ4v) is 4.10. The first-order valence-corrected chi connectivity index (χ1v) is 11.3. The molecular weight excluding hydrogens is 376 g/mol. The maximum atomic E-state index is 12.5. The first-order chi connectivity index (χ1) is 14.5. The van der Waals surface area contributed by atoms with Gasteiger partial charge >= 0.3 is 0 Å². The Morgan fingerprint density at radius 2 is 1.57 bits per heavy atom. The lowest BCUT2D eigenvalue weighted by molar-refractivity contribution is -0.128. The number of hydrogen-bond donors (Lipinski definition) is 1. The normalized spacial score (nSPS) is 18.6. The molecule has 0 unspecified atom stereocenters. The lowest BCUT2D eigenvalue weighted by atomic mass is 10.1. The summed E-state index contributed by atoms with van der Waals surface area (Å²) in [5.41, 5.74) is 2.32. The van der Waals surface area contributed by atoms with Crippen molar-refractivity contribution in [3.8, 4) is 0 Å². The molecule has 6 heteroatoms. The SMILES string of the molecule is CC(C)NC(=O)CN1CCN(C(=O)C=Cc2ccc(N3CCCCCC3)cc2)CC1. The molecule has 2 aliphatic heterocycles. The van der Waals surface area contributed by atoms with Crippen molar-refractivity contribution in [2.75, 3.05) is 50.7 Å². The number of carbonyl (C=O) groups is 2. The summed E-state index contributed by atoms with van der Waals surface area (Å²) in [5, 5.41) is 2.91. The molecule has 1 aromatic rings. The minimum absolute atomic E-state index is 0.0397. The molecule has 2 saturated heterocycles. The molecule has 2 heterocycles. The van der Waals surface area contributed by atoms with E-state index in [0.717, 1.165) is 31.7 Å². The third-order valence-corrected chi connectivity index (χ3v) is 5.78. The van der Waals surface area contributed by atoms with Crippen LogP contribution in [0.3, 0.4) is 0 Å². The van der Waals surface area contributed by atoms with Crippen LogP contribution in [-0.2, 0) is 9.59 Å². The van der Waals surface area contributed by atoms with E-state index >= 15 is 0 Å². The van der Waals surface area contributed by atoms with Crippen LogP contribution in [0, 0.1) is 0 Å². The van der Waals surface area contributed by atoms with Gasteiger partial charge in [0.05, 0.1) is 6.54 Å². The zero-order chi connectivity index (χ0) is 21.3. The molecule has 0 radical (unpaired) electrons. The van der Waals surface area contributed by atoms with Crippen molar-refractivity contribution in [3.05, 3.63) is 35.9 Å². The van der Waals surface area contributed by atoms with Gasteiger partial charge in [0.25, 0.3) is 0 Å². The van der Waals surface area contributed by atoms with Gasteiger partial charge in [-0.3, -0.25) is 14.5 Å². The van der Waals surface area contributed by atoms with E-state index in [4.69, 9.17) is 0 Å². The van der Waals surface area contributed by atoms with E-state index in [2.05, 4.69) is 39.4 Å². The summed E-state index contributed by atoms with van der Waals surface area (Å²) < 4.78 is 0. The number of anilines is 1. The van der Waals surface area contributed by atoms with Crippen LogP contribution in [0.25, 0.3) is 6.08 Å². The molecule has 2 amide bonds. The van der Waals surface area contributed by atoms with Crippen molar-refractivity contribution in [2.24, 2.45) is 0 Å². The summed E-state index contributed by atoms with van der Waals surface area (Å²) in [4.78, 5) is 30.9. The highest BCUT2D eigenvalue weighted by molar-refractivity contribution is 5.92. The monoisotopic (exact) mass is 412 g/mol. The first kappa shape index (κ1) is 22.3. The molecule has 0 spiro atoms. The average molecular weight is 413 g/mol. The van der Waals surface area contributed by atoms with Crippen LogP contribution >= 0.6 is 0 Å². The molecule has 30 heavy (non-hydrogen) atoms. The Balaban J connectivity index is 1.45. The van der Waals surface area contributed by atoms with E-state index in [9.17, 15) is 9.59 Å². The molecule has 0 bridgehead atoms. The van der Waals surface area contributed by atoms with Crippen molar-refractivity contribution >= 4 is 23.6 Å². The van der Waals surface area contributed by atoms with Crippen molar-refractivity contribution in [1.29, 1.82) is 0 Å². The van der Waals surface area contributed by atoms with E-state index in [0.29, 0.717) is 19.6 Å². The van der Waals surface area contributed by atoms with Crippen LogP contribution in [0.4, 0.5) is 5.69 Å². The first-order valence-electron chi connectivity index (χ1n) is 11.3. The highest BCUT2D eigenvalue weighted by atomic mass is 16.2. The molecule has 0 aromatic heterocycles. The van der Waals surface area contributed by atoms with Gasteiger partial charge in [0.2, 0.25) is 11.8 Å². The Morgan fingerprint density at radius 3 is 2.17 bits per heavy atom. The van der Waals surface area contributed by atoms with E-state index in [1.807, 2.05) is 24.8 Å². The van der Waals surface area contributed by atoms with Gasteiger partial charge in [-0.2, -0.15) is 0 Å². The number of carbonyl (C=O) groups excluding carboxylic acids is 2. The Morgan fingerprint density at radius 1 is 0.933 bits per heavy atom. The van der Waals surface area contributed by atoms with Crippen molar-refractivity contribution in [2.45, 2.75) is 45.6 Å². The van der Waals surface area contributed by atoms with Crippen molar-refractivity contribution in [1.82, 2.24) is 15.1 Å². The van der Waals surface area contributed by atoms with Gasteiger partial charge in [0.1, 0.15) is 0 Å². The van der Waals surface area contributed by atoms with Crippen LogP contribution in [0.5, 0.6) is 0 Å². The topological polar surface area (TPSA) is 55.9 Å².